The Bertz CT molecular complexity index is 336. The van der Waals surface area contributed by atoms with Gasteiger partial charge in [0.1, 0.15) is 0 Å². The molecule has 0 amide bonds. The number of hydrogen-bond donors (Lipinski definition) is 1. The number of carboxylic acids is 1. The molecule has 0 bridgehead atoms. The van der Waals surface area contributed by atoms with Crippen LogP contribution in [0.3, 0.4) is 0 Å². The van der Waals surface area contributed by atoms with Crippen LogP contribution in [-0.4, -0.2) is 36.6 Å². The first-order valence-electron chi connectivity index (χ1n) is 4.41. The minimum absolute atomic E-state index is 0.177. The number of nitrogens with zero attached hydrogens (tertiary/aromatic N) is 1. The molecule has 0 spiro atoms. The minimum Gasteiger partial charge on any atom is -0.478 e. The van der Waals surface area contributed by atoms with Crippen molar-refractivity contribution in [2.45, 2.75) is 12.7 Å². The molecule has 0 unspecified atom stereocenters. The standard InChI is InChI=1S/C10H13NO4/c1-14-9(15-2)6-8-7(10(12)13)4-3-5-11-8/h3-5,9H,6H2,1-2H3,(H,12,13). The van der Waals surface area contributed by atoms with Crippen molar-refractivity contribution in [3.05, 3.63) is 29.6 Å². The van der Waals surface area contributed by atoms with Crippen molar-refractivity contribution >= 4 is 5.97 Å². The van der Waals surface area contributed by atoms with Crippen molar-refractivity contribution in [1.29, 1.82) is 0 Å². The van der Waals surface area contributed by atoms with Gasteiger partial charge in [-0.05, 0) is 12.1 Å². The Balaban J connectivity index is 2.88. The van der Waals surface area contributed by atoms with Gasteiger partial charge in [-0.2, -0.15) is 0 Å². The molecule has 1 aromatic rings. The Kier molecular flexibility index (Phi) is 4.20. The lowest BCUT2D eigenvalue weighted by Gasteiger charge is -2.13. The van der Waals surface area contributed by atoms with Crippen molar-refractivity contribution in [1.82, 2.24) is 4.98 Å². The molecule has 82 valence electrons. The Labute approximate surface area is 87.7 Å². The molecule has 1 N–H and O–H groups in total. The first-order valence-corrected chi connectivity index (χ1v) is 4.41. The number of pyridine rings is 1. The van der Waals surface area contributed by atoms with Crippen LogP contribution in [0.2, 0.25) is 0 Å². The van der Waals surface area contributed by atoms with Crippen LogP contribution in [0, 0.1) is 0 Å². The predicted molar refractivity (Wildman–Crippen MR) is 52.7 cm³/mol. The SMILES string of the molecule is COC(Cc1ncccc1C(=O)O)OC. The van der Waals surface area contributed by atoms with E-state index in [0.717, 1.165) is 0 Å². The number of ether oxygens (including phenoxy) is 2. The lowest BCUT2D eigenvalue weighted by molar-refractivity contribution is -0.101. The van der Waals surface area contributed by atoms with E-state index in [1.54, 1.807) is 12.3 Å². The van der Waals surface area contributed by atoms with Gasteiger partial charge in [0.05, 0.1) is 11.3 Å². The van der Waals surface area contributed by atoms with E-state index in [4.69, 9.17) is 14.6 Å². The topological polar surface area (TPSA) is 68.7 Å². The van der Waals surface area contributed by atoms with Gasteiger partial charge in [-0.1, -0.05) is 0 Å². The summed E-state index contributed by atoms with van der Waals surface area (Å²) >= 11 is 0. The first-order chi connectivity index (χ1) is 7.19. The summed E-state index contributed by atoms with van der Waals surface area (Å²) in [5.74, 6) is -0.996. The van der Waals surface area contributed by atoms with Crippen LogP contribution in [-0.2, 0) is 15.9 Å². The molecule has 1 aromatic heterocycles. The normalized spacial score (nSPS) is 10.6. The van der Waals surface area contributed by atoms with Gasteiger partial charge in [-0.3, -0.25) is 4.98 Å². The predicted octanol–water partition coefficient (Wildman–Crippen LogP) is 0.941. The van der Waals surface area contributed by atoms with Gasteiger partial charge in [0.2, 0.25) is 0 Å². The Morgan fingerprint density at radius 1 is 1.53 bits per heavy atom. The number of aromatic nitrogens is 1. The summed E-state index contributed by atoms with van der Waals surface area (Å²) in [5, 5.41) is 8.90. The zero-order chi connectivity index (χ0) is 11.3. The highest BCUT2D eigenvalue weighted by Gasteiger charge is 2.15. The van der Waals surface area contributed by atoms with Gasteiger partial charge in [-0.15, -0.1) is 0 Å². The molecule has 1 heterocycles. The summed E-state index contributed by atoms with van der Waals surface area (Å²) in [6.45, 7) is 0. The van der Waals surface area contributed by atoms with Gasteiger partial charge in [0.25, 0.3) is 0 Å². The Morgan fingerprint density at radius 2 is 2.20 bits per heavy atom. The molecule has 0 aliphatic rings. The van der Waals surface area contributed by atoms with Gasteiger partial charge in [0, 0.05) is 26.8 Å². The second-order valence-electron chi connectivity index (χ2n) is 2.91. The number of hydrogen-bond acceptors (Lipinski definition) is 4. The molecule has 0 radical (unpaired) electrons. The lowest BCUT2D eigenvalue weighted by atomic mass is 10.1. The second kappa shape index (κ2) is 5.43. The van der Waals surface area contributed by atoms with Gasteiger partial charge in [0.15, 0.2) is 6.29 Å². The van der Waals surface area contributed by atoms with Crippen LogP contribution in [0.15, 0.2) is 18.3 Å². The summed E-state index contributed by atoms with van der Waals surface area (Å²) in [5.41, 5.74) is 0.635. The van der Waals surface area contributed by atoms with Crippen LogP contribution in [0.5, 0.6) is 0 Å². The molecule has 5 nitrogen and oxygen atoms in total. The van der Waals surface area contributed by atoms with E-state index in [1.807, 2.05) is 0 Å². The quantitative estimate of drug-likeness (QED) is 0.734. The van der Waals surface area contributed by atoms with Crippen LogP contribution >= 0.6 is 0 Å². The number of carboxylic acid groups (broad SMARTS) is 1. The fraction of sp³-hybridized carbons (Fsp3) is 0.400. The minimum atomic E-state index is -0.996. The Hall–Kier alpha value is -1.46. The summed E-state index contributed by atoms with van der Waals surface area (Å²) < 4.78 is 9.97. The number of aromatic carboxylic acids is 1. The number of rotatable bonds is 5. The summed E-state index contributed by atoms with van der Waals surface area (Å²) in [6, 6.07) is 3.09. The van der Waals surface area contributed by atoms with Gasteiger partial charge in [-0.25, -0.2) is 4.79 Å². The molecule has 0 aliphatic carbocycles. The molecule has 0 fully saturated rings. The molecule has 5 heteroatoms. The molecular weight excluding hydrogens is 198 g/mol. The molecule has 0 aliphatic heterocycles. The third kappa shape index (κ3) is 3.00. The van der Waals surface area contributed by atoms with Crippen LogP contribution < -0.4 is 0 Å². The molecule has 1 rings (SSSR count). The third-order valence-electron chi connectivity index (χ3n) is 2.01. The van der Waals surface area contributed by atoms with E-state index < -0.39 is 12.3 Å². The molecule has 0 atom stereocenters. The zero-order valence-electron chi connectivity index (χ0n) is 8.64. The maximum atomic E-state index is 10.9. The van der Waals surface area contributed by atoms with Crippen molar-refractivity contribution < 1.29 is 19.4 Å². The highest BCUT2D eigenvalue weighted by Crippen LogP contribution is 2.09. The van der Waals surface area contributed by atoms with E-state index >= 15 is 0 Å². The van der Waals surface area contributed by atoms with E-state index in [9.17, 15) is 4.79 Å². The maximum Gasteiger partial charge on any atom is 0.337 e. The zero-order valence-corrected chi connectivity index (χ0v) is 8.64. The summed E-state index contributed by atoms with van der Waals surface area (Å²) in [7, 11) is 3.00. The fourth-order valence-electron chi connectivity index (χ4n) is 1.22. The van der Waals surface area contributed by atoms with Crippen molar-refractivity contribution in [2.75, 3.05) is 14.2 Å². The van der Waals surface area contributed by atoms with Crippen LogP contribution in [0.1, 0.15) is 16.1 Å². The monoisotopic (exact) mass is 211 g/mol. The van der Waals surface area contributed by atoms with E-state index in [0.29, 0.717) is 12.1 Å². The van der Waals surface area contributed by atoms with Crippen molar-refractivity contribution in [3.8, 4) is 0 Å². The summed E-state index contributed by atoms with van der Waals surface area (Å²) in [6.07, 6.45) is 1.39. The van der Waals surface area contributed by atoms with Gasteiger partial charge >= 0.3 is 5.97 Å². The van der Waals surface area contributed by atoms with Crippen LogP contribution in [0.25, 0.3) is 0 Å². The highest BCUT2D eigenvalue weighted by molar-refractivity contribution is 5.88. The maximum absolute atomic E-state index is 10.9. The molecular formula is C10H13NO4. The van der Waals surface area contributed by atoms with E-state index in [2.05, 4.69) is 4.98 Å². The fourth-order valence-corrected chi connectivity index (χ4v) is 1.22. The third-order valence-corrected chi connectivity index (χ3v) is 2.01. The molecule has 0 saturated heterocycles. The average Bonchev–Trinajstić information content (AvgIpc) is 2.26. The highest BCUT2D eigenvalue weighted by atomic mass is 16.7. The van der Waals surface area contributed by atoms with Crippen molar-refractivity contribution in [2.24, 2.45) is 0 Å². The van der Waals surface area contributed by atoms with Crippen molar-refractivity contribution in [3.63, 3.8) is 0 Å². The van der Waals surface area contributed by atoms with Crippen LogP contribution in [0.4, 0.5) is 0 Å². The second-order valence-corrected chi connectivity index (χ2v) is 2.91. The van der Waals surface area contributed by atoms with E-state index in [-0.39, 0.29) is 5.56 Å². The molecule has 0 aromatic carbocycles. The molecule has 15 heavy (non-hydrogen) atoms. The van der Waals surface area contributed by atoms with Gasteiger partial charge < -0.3 is 14.6 Å². The Morgan fingerprint density at radius 3 is 2.73 bits per heavy atom. The smallest absolute Gasteiger partial charge is 0.337 e. The lowest BCUT2D eigenvalue weighted by Crippen LogP contribution is -2.19. The largest absolute Gasteiger partial charge is 0.478 e. The first kappa shape index (κ1) is 11.6. The number of carbonyl (C=O) groups is 1. The van der Waals surface area contributed by atoms with E-state index in [1.165, 1.54) is 20.3 Å². The number of methoxy groups -OCH3 is 2. The average molecular weight is 211 g/mol. The molecule has 0 saturated carbocycles. The summed E-state index contributed by atoms with van der Waals surface area (Å²) in [4.78, 5) is 14.9.